The summed E-state index contributed by atoms with van der Waals surface area (Å²) in [4.78, 5) is 9.94. The molecule has 6 heteroatoms. The summed E-state index contributed by atoms with van der Waals surface area (Å²) in [6.45, 7) is 6.32. The quantitative estimate of drug-likeness (QED) is 0.352. The van der Waals surface area contributed by atoms with Crippen LogP contribution in [0.2, 0.25) is 0 Å². The summed E-state index contributed by atoms with van der Waals surface area (Å²) in [5.41, 5.74) is 3.95. The van der Waals surface area contributed by atoms with Gasteiger partial charge in [0.1, 0.15) is 12.1 Å². The van der Waals surface area contributed by atoms with Crippen molar-refractivity contribution in [2.24, 2.45) is 5.92 Å². The van der Waals surface area contributed by atoms with Crippen molar-refractivity contribution in [2.45, 2.75) is 20.4 Å². The molecule has 0 saturated heterocycles. The topological polar surface area (TPSA) is 70.1 Å². The minimum absolute atomic E-state index is 0.192. The minimum Gasteiger partial charge on any atom is -0.506 e. The summed E-state index contributed by atoms with van der Waals surface area (Å²) in [5.74, 6) is 1.54. The summed E-state index contributed by atoms with van der Waals surface area (Å²) in [6, 6.07) is 17.9. The van der Waals surface area contributed by atoms with E-state index in [1.54, 1.807) is 29.8 Å². The summed E-state index contributed by atoms with van der Waals surface area (Å²) in [6.07, 6.45) is 1.55. The minimum atomic E-state index is 0.192. The monoisotopic (exact) mass is 404 g/mol. The van der Waals surface area contributed by atoms with E-state index >= 15 is 0 Å². The molecular weight excluding hydrogens is 380 g/mol. The Hall–Kier alpha value is -2.96. The van der Waals surface area contributed by atoms with Gasteiger partial charge in [-0.25, -0.2) is 9.97 Å². The van der Waals surface area contributed by atoms with Gasteiger partial charge in [-0.1, -0.05) is 50.2 Å². The Morgan fingerprint density at radius 1 is 1.03 bits per heavy atom. The van der Waals surface area contributed by atoms with Crippen LogP contribution in [0.3, 0.4) is 0 Å². The van der Waals surface area contributed by atoms with Gasteiger partial charge in [0.2, 0.25) is 0 Å². The largest absolute Gasteiger partial charge is 0.506 e. The van der Waals surface area contributed by atoms with E-state index in [9.17, 15) is 5.11 Å². The molecule has 0 fully saturated rings. The summed E-state index contributed by atoms with van der Waals surface area (Å²) >= 11 is 1.64. The van der Waals surface area contributed by atoms with Crippen LogP contribution in [0.15, 0.2) is 60.9 Å². The molecule has 0 radical (unpaired) electrons. The Bertz CT molecular complexity index is 1110. The molecule has 4 aromatic rings. The second-order valence-electron chi connectivity index (χ2n) is 7.41. The van der Waals surface area contributed by atoms with Gasteiger partial charge in [-0.2, -0.15) is 0 Å². The van der Waals surface area contributed by atoms with Gasteiger partial charge in [-0.15, -0.1) is 11.3 Å². The Morgan fingerprint density at radius 2 is 1.83 bits per heavy atom. The van der Waals surface area contributed by atoms with Crippen molar-refractivity contribution in [2.75, 3.05) is 11.9 Å². The standard InChI is InChI=1S/C23H24N4OS/c1-15(2)12-24-13-16-7-9-17(10-8-16)21-11-19-22(29-21)23(26-14-25-19)27-18-5-3-4-6-20(18)28/h3-11,14-15,24,28H,12-13H2,1-2H3,(H,25,26,27). The molecule has 0 spiro atoms. The van der Waals surface area contributed by atoms with Crippen molar-refractivity contribution < 1.29 is 5.11 Å². The second kappa shape index (κ2) is 8.59. The third-order valence-corrected chi connectivity index (χ3v) is 5.77. The molecule has 0 aliphatic rings. The van der Waals surface area contributed by atoms with Crippen LogP contribution in [-0.2, 0) is 6.54 Å². The fraction of sp³-hybridized carbons (Fsp3) is 0.217. The van der Waals surface area contributed by atoms with Gasteiger partial charge in [0, 0.05) is 11.4 Å². The predicted molar refractivity (Wildman–Crippen MR) is 121 cm³/mol. The van der Waals surface area contributed by atoms with Gasteiger partial charge < -0.3 is 15.7 Å². The lowest BCUT2D eigenvalue weighted by Gasteiger charge is -2.08. The second-order valence-corrected chi connectivity index (χ2v) is 8.46. The van der Waals surface area contributed by atoms with Crippen LogP contribution < -0.4 is 10.6 Å². The van der Waals surface area contributed by atoms with Crippen LogP contribution in [0, 0.1) is 5.92 Å². The number of aromatic hydroxyl groups is 1. The Morgan fingerprint density at radius 3 is 2.59 bits per heavy atom. The summed E-state index contributed by atoms with van der Waals surface area (Å²) in [5, 5.41) is 16.7. The number of hydrogen-bond donors (Lipinski definition) is 3. The molecule has 148 valence electrons. The normalized spacial score (nSPS) is 11.3. The first-order valence-electron chi connectivity index (χ1n) is 9.70. The molecule has 29 heavy (non-hydrogen) atoms. The fourth-order valence-electron chi connectivity index (χ4n) is 3.08. The highest BCUT2D eigenvalue weighted by Crippen LogP contribution is 2.37. The highest BCUT2D eigenvalue weighted by molar-refractivity contribution is 7.22. The van der Waals surface area contributed by atoms with Gasteiger partial charge >= 0.3 is 0 Å². The van der Waals surface area contributed by atoms with Gasteiger partial charge in [0.05, 0.1) is 15.9 Å². The SMILES string of the molecule is CC(C)CNCc1ccc(-c2cc3ncnc(Nc4ccccc4O)c3s2)cc1. The number of aromatic nitrogens is 2. The molecule has 0 aliphatic heterocycles. The maximum Gasteiger partial charge on any atom is 0.151 e. The van der Waals surface area contributed by atoms with Crippen molar-refractivity contribution in [3.05, 3.63) is 66.5 Å². The van der Waals surface area contributed by atoms with E-state index in [-0.39, 0.29) is 5.75 Å². The van der Waals surface area contributed by atoms with Gasteiger partial charge in [-0.05, 0) is 41.8 Å². The molecule has 2 aromatic heterocycles. The maximum absolute atomic E-state index is 10.0. The zero-order valence-electron chi connectivity index (χ0n) is 16.5. The van der Waals surface area contributed by atoms with Crippen molar-refractivity contribution >= 4 is 33.1 Å². The van der Waals surface area contributed by atoms with E-state index in [4.69, 9.17) is 0 Å². The predicted octanol–water partition coefficient (Wildman–Crippen LogP) is 5.55. The molecule has 5 nitrogen and oxygen atoms in total. The third-order valence-electron chi connectivity index (χ3n) is 4.59. The van der Waals surface area contributed by atoms with Crippen LogP contribution in [0.25, 0.3) is 20.7 Å². The molecule has 0 amide bonds. The molecule has 0 unspecified atom stereocenters. The zero-order valence-corrected chi connectivity index (χ0v) is 17.3. The van der Waals surface area contributed by atoms with Crippen molar-refractivity contribution in [1.29, 1.82) is 0 Å². The number of rotatable bonds is 7. The van der Waals surface area contributed by atoms with Gasteiger partial charge in [0.15, 0.2) is 5.82 Å². The number of anilines is 2. The average Bonchev–Trinajstić information content (AvgIpc) is 3.15. The number of para-hydroxylation sites is 2. The molecular formula is C23H24N4OS. The zero-order chi connectivity index (χ0) is 20.2. The number of phenols is 1. The molecule has 3 N–H and O–H groups in total. The molecule has 0 aliphatic carbocycles. The first-order chi connectivity index (χ1) is 14.1. The molecule has 0 saturated carbocycles. The number of thiophene rings is 1. The van der Waals surface area contributed by atoms with Gasteiger partial charge in [-0.3, -0.25) is 0 Å². The van der Waals surface area contributed by atoms with Crippen LogP contribution in [0.5, 0.6) is 5.75 Å². The summed E-state index contributed by atoms with van der Waals surface area (Å²) < 4.78 is 0.966. The van der Waals surface area contributed by atoms with E-state index < -0.39 is 0 Å². The van der Waals surface area contributed by atoms with Crippen molar-refractivity contribution in [1.82, 2.24) is 15.3 Å². The Balaban J connectivity index is 1.57. The smallest absolute Gasteiger partial charge is 0.151 e. The van der Waals surface area contributed by atoms with E-state index in [2.05, 4.69) is 64.8 Å². The average molecular weight is 405 g/mol. The van der Waals surface area contributed by atoms with Crippen LogP contribution in [0.1, 0.15) is 19.4 Å². The van der Waals surface area contributed by atoms with E-state index in [0.717, 1.165) is 33.7 Å². The molecule has 2 aromatic carbocycles. The number of fused-ring (bicyclic) bond motifs is 1. The Labute approximate surface area is 174 Å². The molecule has 4 rings (SSSR count). The van der Waals surface area contributed by atoms with Crippen LogP contribution in [-0.4, -0.2) is 21.6 Å². The number of hydrogen-bond acceptors (Lipinski definition) is 6. The van der Waals surface area contributed by atoms with E-state index in [1.165, 1.54) is 5.56 Å². The van der Waals surface area contributed by atoms with Crippen molar-refractivity contribution in [3.63, 3.8) is 0 Å². The number of nitrogens with zero attached hydrogens (tertiary/aromatic N) is 2. The lowest BCUT2D eigenvalue weighted by molar-refractivity contribution is 0.478. The van der Waals surface area contributed by atoms with Crippen LogP contribution in [0.4, 0.5) is 11.5 Å². The van der Waals surface area contributed by atoms with E-state index in [1.807, 2.05) is 12.1 Å². The number of phenolic OH excluding ortho intramolecular Hbond substituents is 1. The number of benzene rings is 2. The summed E-state index contributed by atoms with van der Waals surface area (Å²) in [7, 11) is 0. The maximum atomic E-state index is 10.0. The highest BCUT2D eigenvalue weighted by Gasteiger charge is 2.12. The van der Waals surface area contributed by atoms with Gasteiger partial charge in [0.25, 0.3) is 0 Å². The van der Waals surface area contributed by atoms with Crippen molar-refractivity contribution in [3.8, 4) is 16.2 Å². The Kier molecular flexibility index (Phi) is 5.74. The molecule has 0 atom stereocenters. The lowest BCUT2D eigenvalue weighted by Crippen LogP contribution is -2.18. The lowest BCUT2D eigenvalue weighted by atomic mass is 10.1. The van der Waals surface area contributed by atoms with Crippen LogP contribution >= 0.6 is 11.3 Å². The van der Waals surface area contributed by atoms with E-state index in [0.29, 0.717) is 17.4 Å². The number of nitrogens with one attached hydrogen (secondary N) is 2. The third kappa shape index (κ3) is 4.55. The highest BCUT2D eigenvalue weighted by atomic mass is 32.1. The molecule has 0 bridgehead atoms. The first kappa shape index (κ1) is 19.4. The first-order valence-corrected chi connectivity index (χ1v) is 10.5. The fourth-order valence-corrected chi connectivity index (χ4v) is 4.15. The molecule has 2 heterocycles.